The summed E-state index contributed by atoms with van der Waals surface area (Å²) < 4.78 is 1.06. The van der Waals surface area contributed by atoms with Gasteiger partial charge in [-0.2, -0.15) is 0 Å². The fraction of sp³-hybridized carbons (Fsp3) is 0.353. The number of thiophene rings is 1. The van der Waals surface area contributed by atoms with Crippen LogP contribution in [0.1, 0.15) is 21.5 Å². The van der Waals surface area contributed by atoms with Gasteiger partial charge in [0.1, 0.15) is 0 Å². The predicted molar refractivity (Wildman–Crippen MR) is 96.0 cm³/mol. The number of carbonyl (C=O) groups excluding carboxylic acids is 1. The molecule has 1 fully saturated rings. The zero-order valence-electron chi connectivity index (χ0n) is 12.6. The lowest BCUT2D eigenvalue weighted by atomic mass is 10.2. The summed E-state index contributed by atoms with van der Waals surface area (Å²) in [6.07, 6.45) is 0.959. The zero-order valence-corrected chi connectivity index (χ0v) is 15.0. The van der Waals surface area contributed by atoms with Crippen molar-refractivity contribution in [3.05, 3.63) is 50.6 Å². The second-order valence-corrected chi connectivity index (χ2v) is 7.34. The van der Waals surface area contributed by atoms with E-state index in [0.717, 1.165) is 41.9 Å². The van der Waals surface area contributed by atoms with Gasteiger partial charge in [-0.3, -0.25) is 4.79 Å². The SMILES string of the molecule is CCc1sc(C(=O)N2CCN(c3ccccc3)CC2)cc1Br. The van der Waals surface area contributed by atoms with Gasteiger partial charge < -0.3 is 9.80 Å². The van der Waals surface area contributed by atoms with E-state index in [1.54, 1.807) is 11.3 Å². The van der Waals surface area contributed by atoms with Crippen LogP contribution in [0, 0.1) is 0 Å². The molecule has 3 nitrogen and oxygen atoms in total. The Balaban J connectivity index is 1.64. The van der Waals surface area contributed by atoms with Crippen molar-refractivity contribution in [3.8, 4) is 0 Å². The Hall–Kier alpha value is -1.33. The highest BCUT2D eigenvalue weighted by Gasteiger charge is 2.24. The van der Waals surface area contributed by atoms with Gasteiger partial charge in [0.2, 0.25) is 0 Å². The molecule has 0 saturated carbocycles. The maximum atomic E-state index is 12.6. The number of hydrogen-bond acceptors (Lipinski definition) is 3. The Bertz CT molecular complexity index is 648. The molecule has 0 radical (unpaired) electrons. The van der Waals surface area contributed by atoms with Gasteiger partial charge in [-0.1, -0.05) is 25.1 Å². The summed E-state index contributed by atoms with van der Waals surface area (Å²) in [7, 11) is 0. The van der Waals surface area contributed by atoms with Crippen LogP contribution in [0.4, 0.5) is 5.69 Å². The van der Waals surface area contributed by atoms with Crippen LogP contribution in [0.15, 0.2) is 40.9 Å². The van der Waals surface area contributed by atoms with Crippen molar-refractivity contribution in [2.24, 2.45) is 0 Å². The molecule has 1 saturated heterocycles. The second-order valence-electron chi connectivity index (χ2n) is 5.35. The third kappa shape index (κ3) is 3.20. The van der Waals surface area contributed by atoms with Gasteiger partial charge in [0.05, 0.1) is 4.88 Å². The molecule has 1 aliphatic heterocycles. The maximum absolute atomic E-state index is 12.6. The number of para-hydroxylation sites is 1. The summed E-state index contributed by atoms with van der Waals surface area (Å²) in [4.78, 5) is 19.0. The molecule has 22 heavy (non-hydrogen) atoms. The molecular weight excluding hydrogens is 360 g/mol. The number of aryl methyl sites for hydroxylation is 1. The van der Waals surface area contributed by atoms with E-state index in [4.69, 9.17) is 0 Å². The van der Waals surface area contributed by atoms with Crippen LogP contribution in [-0.4, -0.2) is 37.0 Å². The first-order chi connectivity index (χ1) is 10.7. The minimum Gasteiger partial charge on any atom is -0.368 e. The summed E-state index contributed by atoms with van der Waals surface area (Å²) >= 11 is 5.15. The molecule has 1 aliphatic rings. The van der Waals surface area contributed by atoms with E-state index in [9.17, 15) is 4.79 Å². The lowest BCUT2D eigenvalue weighted by molar-refractivity contribution is 0.0751. The van der Waals surface area contributed by atoms with Crippen LogP contribution in [0.2, 0.25) is 0 Å². The van der Waals surface area contributed by atoms with E-state index in [0.29, 0.717) is 0 Å². The van der Waals surface area contributed by atoms with Gasteiger partial charge in [0.15, 0.2) is 0 Å². The normalized spacial score (nSPS) is 15.2. The molecular formula is C17H19BrN2OS. The summed E-state index contributed by atoms with van der Waals surface area (Å²) in [5.41, 5.74) is 1.24. The van der Waals surface area contributed by atoms with Crippen LogP contribution in [0.25, 0.3) is 0 Å². The molecule has 116 valence electrons. The van der Waals surface area contributed by atoms with E-state index < -0.39 is 0 Å². The van der Waals surface area contributed by atoms with Gasteiger partial charge in [-0.15, -0.1) is 11.3 Å². The van der Waals surface area contributed by atoms with Crippen molar-refractivity contribution >= 4 is 38.9 Å². The number of anilines is 1. The first-order valence-electron chi connectivity index (χ1n) is 7.56. The number of hydrogen-bond donors (Lipinski definition) is 0. The number of nitrogens with zero attached hydrogens (tertiary/aromatic N) is 2. The third-order valence-corrected chi connectivity index (χ3v) is 6.21. The van der Waals surface area contributed by atoms with Crippen LogP contribution in [-0.2, 0) is 6.42 Å². The first kappa shape index (κ1) is 15.6. The van der Waals surface area contributed by atoms with Crippen LogP contribution >= 0.6 is 27.3 Å². The van der Waals surface area contributed by atoms with E-state index in [1.165, 1.54) is 10.6 Å². The van der Waals surface area contributed by atoms with Crippen molar-refractivity contribution in [2.45, 2.75) is 13.3 Å². The standard InChI is InChI=1S/C17H19BrN2OS/c1-2-15-14(18)12-16(22-15)17(21)20-10-8-19(9-11-20)13-6-4-3-5-7-13/h3-7,12H,2,8-11H2,1H3. The molecule has 2 heterocycles. The van der Waals surface area contributed by atoms with Crippen molar-refractivity contribution in [1.82, 2.24) is 4.90 Å². The smallest absolute Gasteiger partial charge is 0.264 e. The number of benzene rings is 1. The summed E-state index contributed by atoms with van der Waals surface area (Å²) in [6, 6.07) is 12.4. The Kier molecular flexibility index (Phi) is 4.84. The van der Waals surface area contributed by atoms with Gasteiger partial charge >= 0.3 is 0 Å². The van der Waals surface area contributed by atoms with Gasteiger partial charge in [-0.25, -0.2) is 0 Å². The number of carbonyl (C=O) groups is 1. The Morgan fingerprint density at radius 3 is 2.45 bits per heavy atom. The fourth-order valence-corrected chi connectivity index (χ4v) is 4.58. The predicted octanol–water partition coefficient (Wildman–Crippen LogP) is 4.04. The van der Waals surface area contributed by atoms with Crippen molar-refractivity contribution in [1.29, 1.82) is 0 Å². The molecule has 1 amide bonds. The molecule has 0 N–H and O–H groups in total. The van der Waals surface area contributed by atoms with Crippen molar-refractivity contribution in [2.75, 3.05) is 31.1 Å². The average molecular weight is 379 g/mol. The third-order valence-electron chi connectivity index (χ3n) is 3.98. The highest BCUT2D eigenvalue weighted by molar-refractivity contribution is 9.10. The van der Waals surface area contributed by atoms with E-state index in [-0.39, 0.29) is 5.91 Å². The molecule has 0 aliphatic carbocycles. The minimum absolute atomic E-state index is 0.165. The molecule has 0 spiro atoms. The van der Waals surface area contributed by atoms with Crippen molar-refractivity contribution < 1.29 is 4.79 Å². The molecule has 1 aromatic carbocycles. The molecule has 0 bridgehead atoms. The van der Waals surface area contributed by atoms with Crippen LogP contribution in [0.3, 0.4) is 0 Å². The lowest BCUT2D eigenvalue weighted by Crippen LogP contribution is -2.48. The van der Waals surface area contributed by atoms with Crippen molar-refractivity contribution in [3.63, 3.8) is 0 Å². The Morgan fingerprint density at radius 2 is 1.86 bits per heavy atom. The fourth-order valence-electron chi connectivity index (χ4n) is 2.72. The second kappa shape index (κ2) is 6.84. The average Bonchev–Trinajstić information content (AvgIpc) is 2.96. The van der Waals surface area contributed by atoms with E-state index in [2.05, 4.69) is 52.0 Å². The monoisotopic (exact) mass is 378 g/mol. The maximum Gasteiger partial charge on any atom is 0.264 e. The largest absolute Gasteiger partial charge is 0.368 e. The molecule has 1 aromatic heterocycles. The van der Waals surface area contributed by atoms with Gasteiger partial charge in [0, 0.05) is 41.2 Å². The quantitative estimate of drug-likeness (QED) is 0.804. The van der Waals surface area contributed by atoms with Crippen LogP contribution in [0.5, 0.6) is 0 Å². The molecule has 0 atom stereocenters. The number of amides is 1. The summed E-state index contributed by atoms with van der Waals surface area (Å²) in [6.45, 7) is 5.46. The highest BCUT2D eigenvalue weighted by Crippen LogP contribution is 2.29. The minimum atomic E-state index is 0.165. The zero-order chi connectivity index (χ0) is 15.5. The van der Waals surface area contributed by atoms with E-state index >= 15 is 0 Å². The molecule has 3 rings (SSSR count). The Labute approximate surface area is 143 Å². The van der Waals surface area contributed by atoms with E-state index in [1.807, 2.05) is 17.0 Å². The molecule has 0 unspecified atom stereocenters. The lowest BCUT2D eigenvalue weighted by Gasteiger charge is -2.36. The van der Waals surface area contributed by atoms with Gasteiger partial charge in [0.25, 0.3) is 5.91 Å². The molecule has 2 aromatic rings. The number of halogens is 1. The number of piperazine rings is 1. The highest BCUT2D eigenvalue weighted by atomic mass is 79.9. The Morgan fingerprint density at radius 1 is 1.18 bits per heavy atom. The summed E-state index contributed by atoms with van der Waals surface area (Å²) in [5.74, 6) is 0.165. The topological polar surface area (TPSA) is 23.6 Å². The summed E-state index contributed by atoms with van der Waals surface area (Å²) in [5, 5.41) is 0. The number of rotatable bonds is 3. The van der Waals surface area contributed by atoms with Gasteiger partial charge in [-0.05, 0) is 40.5 Å². The first-order valence-corrected chi connectivity index (χ1v) is 9.17. The molecule has 5 heteroatoms. The van der Waals surface area contributed by atoms with Crippen LogP contribution < -0.4 is 4.90 Å².